The first-order valence-electron chi connectivity index (χ1n) is 9.92. The van der Waals surface area contributed by atoms with Gasteiger partial charge in [-0.15, -0.1) is 0 Å². The molecule has 0 aliphatic carbocycles. The van der Waals surface area contributed by atoms with E-state index < -0.39 is 39.6 Å². The highest BCUT2D eigenvalue weighted by atomic mass is 32.2. The van der Waals surface area contributed by atoms with Crippen LogP contribution in [0.2, 0.25) is 0 Å². The summed E-state index contributed by atoms with van der Waals surface area (Å²) < 4.78 is 45.4. The van der Waals surface area contributed by atoms with E-state index in [2.05, 4.69) is 0 Å². The molecule has 170 valence electrons. The third-order valence-electron chi connectivity index (χ3n) is 4.38. The summed E-state index contributed by atoms with van der Waals surface area (Å²) in [6, 6.07) is 9.51. The fourth-order valence-corrected chi connectivity index (χ4v) is 3.48. The van der Waals surface area contributed by atoms with Crippen molar-refractivity contribution in [2.24, 2.45) is 5.92 Å². The first-order chi connectivity index (χ1) is 13.7. The maximum Gasteiger partial charge on any atom is 0.410 e. The van der Waals surface area contributed by atoms with Gasteiger partial charge in [0, 0.05) is 19.0 Å². The Bertz CT molecular complexity index is 802. The maximum atomic E-state index is 12.9. The highest BCUT2D eigenvalue weighted by Crippen LogP contribution is 2.28. The lowest BCUT2D eigenvalue weighted by Crippen LogP contribution is -2.44. The van der Waals surface area contributed by atoms with Crippen LogP contribution in [0.1, 0.15) is 40.2 Å². The van der Waals surface area contributed by atoms with Crippen molar-refractivity contribution >= 4 is 16.2 Å². The summed E-state index contributed by atoms with van der Waals surface area (Å²) in [6.45, 7) is 9.61. The first kappa shape index (κ1) is 24.6. The monoisotopic (exact) mass is 443 g/mol. The van der Waals surface area contributed by atoms with E-state index in [0.717, 1.165) is 11.8 Å². The fraction of sp³-hybridized carbons (Fsp3) is 0.667. The highest BCUT2D eigenvalue weighted by Gasteiger charge is 2.39. The topological polar surface area (TPSA) is 91.4 Å². The van der Waals surface area contributed by atoms with Gasteiger partial charge in [-0.05, 0) is 40.2 Å². The van der Waals surface area contributed by atoms with Gasteiger partial charge in [-0.3, -0.25) is 4.18 Å². The smallest absolute Gasteiger partial charge is 0.410 e. The number of carbonyl (C=O) groups excluding carboxylic acids is 1. The van der Waals surface area contributed by atoms with Gasteiger partial charge in [0.1, 0.15) is 5.60 Å². The summed E-state index contributed by atoms with van der Waals surface area (Å²) in [4.78, 5) is 14.5. The Morgan fingerprint density at radius 1 is 1.27 bits per heavy atom. The fourth-order valence-electron chi connectivity index (χ4n) is 3.05. The van der Waals surface area contributed by atoms with Gasteiger partial charge in [-0.1, -0.05) is 30.3 Å². The molecule has 1 aromatic carbocycles. The summed E-state index contributed by atoms with van der Waals surface area (Å²) in [5.41, 5.74) is 0.259. The molecule has 0 saturated carbocycles. The number of benzene rings is 1. The van der Waals surface area contributed by atoms with Crippen molar-refractivity contribution in [3.63, 3.8) is 0 Å². The van der Waals surface area contributed by atoms with Gasteiger partial charge in [-0.25, -0.2) is 4.79 Å². The van der Waals surface area contributed by atoms with E-state index in [1.165, 1.54) is 0 Å². The number of amides is 1. The molecule has 0 unspecified atom stereocenters. The van der Waals surface area contributed by atoms with Crippen LogP contribution in [-0.2, 0) is 35.1 Å². The predicted molar refractivity (Wildman–Crippen MR) is 112 cm³/mol. The Hall–Kier alpha value is -1.68. The van der Waals surface area contributed by atoms with Gasteiger partial charge in [0.15, 0.2) is 5.79 Å². The second kappa shape index (κ2) is 9.64. The van der Waals surface area contributed by atoms with E-state index in [1.54, 1.807) is 39.5 Å². The van der Waals surface area contributed by atoms with Crippen LogP contribution in [0.5, 0.6) is 0 Å². The van der Waals surface area contributed by atoms with E-state index in [1.807, 2.05) is 30.3 Å². The van der Waals surface area contributed by atoms with Crippen LogP contribution < -0.4 is 0 Å². The molecule has 9 heteroatoms. The molecular weight excluding hydrogens is 410 g/mol. The van der Waals surface area contributed by atoms with Crippen LogP contribution in [0.15, 0.2) is 30.3 Å². The van der Waals surface area contributed by atoms with Crippen molar-refractivity contribution in [3.05, 3.63) is 35.9 Å². The van der Waals surface area contributed by atoms with Gasteiger partial charge in [0.05, 0.1) is 25.6 Å². The van der Waals surface area contributed by atoms with Crippen LogP contribution in [-0.4, -0.2) is 62.9 Å². The number of rotatable bonds is 8. The lowest BCUT2D eigenvalue weighted by molar-refractivity contribution is -0.146. The van der Waals surface area contributed by atoms with Crippen LogP contribution in [0.4, 0.5) is 4.79 Å². The number of hydrogen-bond donors (Lipinski definition) is 0. The average Bonchev–Trinajstić information content (AvgIpc) is 2.96. The Morgan fingerprint density at radius 3 is 2.40 bits per heavy atom. The lowest BCUT2D eigenvalue weighted by Gasteiger charge is -2.32. The maximum absolute atomic E-state index is 12.9. The minimum absolute atomic E-state index is 0.128. The predicted octanol–water partition coefficient (Wildman–Crippen LogP) is 3.17. The standard InChI is InChI=1S/C21H33NO7S/c1-20(2,3)29-19(23)22(12-16-10-8-7-9-11-16)13-17(14-27-30(6,24)25)18-15-26-21(4,5)28-18/h7-11,17-18H,12-15H2,1-6H3/t17-,18+/m1/s1. The first-order valence-corrected chi connectivity index (χ1v) is 11.7. The molecule has 1 saturated heterocycles. The molecule has 1 amide bonds. The molecule has 0 spiro atoms. The molecule has 8 nitrogen and oxygen atoms in total. The molecule has 30 heavy (non-hydrogen) atoms. The molecule has 1 fully saturated rings. The molecule has 0 bridgehead atoms. The van der Waals surface area contributed by atoms with Crippen molar-refractivity contribution in [2.45, 2.75) is 58.7 Å². The summed E-state index contributed by atoms with van der Waals surface area (Å²) in [6.07, 6.45) is 0.0756. The number of nitrogens with zero attached hydrogens (tertiary/aromatic N) is 1. The molecular formula is C21H33NO7S. The van der Waals surface area contributed by atoms with E-state index in [-0.39, 0.29) is 19.8 Å². The van der Waals surface area contributed by atoms with Gasteiger partial charge < -0.3 is 19.1 Å². The lowest BCUT2D eigenvalue weighted by atomic mass is 10.0. The third-order valence-corrected chi connectivity index (χ3v) is 4.94. The second-order valence-corrected chi connectivity index (χ2v) is 10.6. The molecule has 1 aliphatic heterocycles. The third kappa shape index (κ3) is 8.59. The van der Waals surface area contributed by atoms with E-state index in [0.29, 0.717) is 6.54 Å². The minimum atomic E-state index is -3.65. The molecule has 2 rings (SSSR count). The normalized spacial score (nSPS) is 20.0. The zero-order valence-electron chi connectivity index (χ0n) is 18.6. The van der Waals surface area contributed by atoms with Crippen molar-refractivity contribution in [3.8, 4) is 0 Å². The van der Waals surface area contributed by atoms with Crippen molar-refractivity contribution in [1.82, 2.24) is 4.90 Å². The SMILES string of the molecule is CC(C)(C)OC(=O)N(Cc1ccccc1)C[C@H](COS(C)(=O)=O)[C@@H]1COC(C)(C)O1. The Labute approximate surface area is 179 Å². The summed E-state index contributed by atoms with van der Waals surface area (Å²) in [5.74, 6) is -1.22. The Balaban J connectivity index is 2.23. The van der Waals surface area contributed by atoms with Gasteiger partial charge in [-0.2, -0.15) is 8.42 Å². The van der Waals surface area contributed by atoms with Crippen molar-refractivity contribution in [2.75, 3.05) is 26.0 Å². The minimum Gasteiger partial charge on any atom is -0.444 e. The van der Waals surface area contributed by atoms with E-state index in [4.69, 9.17) is 18.4 Å². The zero-order valence-corrected chi connectivity index (χ0v) is 19.4. The highest BCUT2D eigenvalue weighted by molar-refractivity contribution is 7.85. The molecule has 1 heterocycles. The van der Waals surface area contributed by atoms with Gasteiger partial charge in [0.25, 0.3) is 10.1 Å². The molecule has 2 atom stereocenters. The summed E-state index contributed by atoms with van der Waals surface area (Å²) in [5, 5.41) is 0. The largest absolute Gasteiger partial charge is 0.444 e. The summed E-state index contributed by atoms with van der Waals surface area (Å²) >= 11 is 0. The second-order valence-electron chi connectivity index (χ2n) is 8.96. The molecule has 0 radical (unpaired) electrons. The Morgan fingerprint density at radius 2 is 1.90 bits per heavy atom. The summed E-state index contributed by atoms with van der Waals surface area (Å²) in [7, 11) is -3.65. The van der Waals surface area contributed by atoms with Crippen LogP contribution >= 0.6 is 0 Å². The van der Waals surface area contributed by atoms with Crippen molar-refractivity contribution < 1.29 is 31.6 Å². The molecule has 1 aromatic rings. The molecule has 0 N–H and O–H groups in total. The van der Waals surface area contributed by atoms with Gasteiger partial charge >= 0.3 is 6.09 Å². The zero-order chi connectivity index (χ0) is 22.6. The van der Waals surface area contributed by atoms with E-state index in [9.17, 15) is 13.2 Å². The van der Waals surface area contributed by atoms with Crippen LogP contribution in [0.3, 0.4) is 0 Å². The van der Waals surface area contributed by atoms with Crippen LogP contribution in [0, 0.1) is 5.92 Å². The molecule has 1 aliphatic rings. The number of ether oxygens (including phenoxy) is 3. The Kier molecular flexibility index (Phi) is 7.90. The van der Waals surface area contributed by atoms with Gasteiger partial charge in [0.2, 0.25) is 0 Å². The van der Waals surface area contributed by atoms with Crippen LogP contribution in [0.25, 0.3) is 0 Å². The molecule has 0 aromatic heterocycles. The van der Waals surface area contributed by atoms with Crippen molar-refractivity contribution in [1.29, 1.82) is 0 Å². The number of hydrogen-bond acceptors (Lipinski definition) is 7. The quantitative estimate of drug-likeness (QED) is 0.570. The van der Waals surface area contributed by atoms with E-state index >= 15 is 0 Å². The average molecular weight is 444 g/mol. The number of carbonyl (C=O) groups is 1.